The molecule has 9 heteroatoms. The van der Waals surface area contributed by atoms with Crippen molar-refractivity contribution < 1.29 is 18.0 Å². The highest BCUT2D eigenvalue weighted by Gasteiger charge is 2.30. The molecule has 0 saturated carbocycles. The fourth-order valence-electron chi connectivity index (χ4n) is 2.70. The summed E-state index contributed by atoms with van der Waals surface area (Å²) in [6.07, 6.45) is 0. The number of sulfonamides is 1. The van der Waals surface area contributed by atoms with E-state index in [1.165, 1.54) is 36.2 Å². The Labute approximate surface area is 156 Å². The van der Waals surface area contributed by atoms with Crippen LogP contribution in [0.15, 0.2) is 53.4 Å². The molecule has 0 aromatic heterocycles. The fraction of sp³-hybridized carbons (Fsp3) is 0.167. The highest BCUT2D eigenvalue weighted by atomic mass is 32.2. The van der Waals surface area contributed by atoms with E-state index in [0.29, 0.717) is 16.9 Å². The lowest BCUT2D eigenvalue weighted by Gasteiger charge is -2.30. The summed E-state index contributed by atoms with van der Waals surface area (Å²) in [4.78, 5) is 25.8. The Morgan fingerprint density at radius 2 is 1.89 bits per heavy atom. The zero-order valence-corrected chi connectivity index (χ0v) is 15.2. The van der Waals surface area contributed by atoms with Gasteiger partial charge >= 0.3 is 0 Å². The summed E-state index contributed by atoms with van der Waals surface area (Å²) in [6.45, 7) is -0.607. The van der Waals surface area contributed by atoms with Crippen LogP contribution in [0.25, 0.3) is 0 Å². The molecule has 0 radical (unpaired) electrons. The predicted octanol–water partition coefficient (Wildman–Crippen LogP) is 1.16. The highest BCUT2D eigenvalue weighted by Crippen LogP contribution is 2.29. The molecule has 0 saturated heterocycles. The van der Waals surface area contributed by atoms with Gasteiger partial charge in [0.2, 0.25) is 21.8 Å². The molecule has 3 rings (SSSR count). The molecular formula is C18H16N4O4S. The van der Waals surface area contributed by atoms with Gasteiger partial charge < -0.3 is 5.32 Å². The zero-order chi connectivity index (χ0) is 19.6. The first kappa shape index (κ1) is 18.6. The maximum atomic E-state index is 12.7. The molecule has 0 atom stereocenters. The first-order valence-electron chi connectivity index (χ1n) is 7.98. The molecule has 138 valence electrons. The highest BCUT2D eigenvalue weighted by molar-refractivity contribution is 7.89. The smallest absolute Gasteiger partial charge is 0.244 e. The average molecular weight is 384 g/mol. The van der Waals surface area contributed by atoms with Crippen LogP contribution in [0.2, 0.25) is 0 Å². The Balaban J connectivity index is 1.81. The minimum absolute atomic E-state index is 0.0198. The van der Waals surface area contributed by atoms with E-state index in [-0.39, 0.29) is 17.3 Å². The van der Waals surface area contributed by atoms with Gasteiger partial charge in [0, 0.05) is 7.05 Å². The number of nitrogens with zero attached hydrogens (tertiary/aromatic N) is 3. The Hall–Kier alpha value is -3.22. The number of para-hydroxylation sites is 2. The zero-order valence-electron chi connectivity index (χ0n) is 14.4. The monoisotopic (exact) mass is 384 g/mol. The number of nitriles is 1. The normalized spacial score (nSPS) is 13.7. The number of carbonyl (C=O) groups is 2. The summed E-state index contributed by atoms with van der Waals surface area (Å²) in [6, 6.07) is 14.2. The lowest BCUT2D eigenvalue weighted by Crippen LogP contribution is -2.46. The van der Waals surface area contributed by atoms with E-state index in [4.69, 9.17) is 5.26 Å². The number of nitrogens with one attached hydrogen (secondary N) is 1. The summed E-state index contributed by atoms with van der Waals surface area (Å²) in [5, 5.41) is 11.5. The molecule has 1 heterocycles. The number of benzene rings is 2. The Bertz CT molecular complexity index is 1040. The second-order valence-electron chi connectivity index (χ2n) is 5.94. The van der Waals surface area contributed by atoms with E-state index in [9.17, 15) is 18.0 Å². The minimum Gasteiger partial charge on any atom is -0.323 e. The van der Waals surface area contributed by atoms with Crippen molar-refractivity contribution in [2.24, 2.45) is 0 Å². The lowest BCUT2D eigenvalue weighted by atomic mass is 10.2. The van der Waals surface area contributed by atoms with E-state index in [0.717, 1.165) is 4.31 Å². The van der Waals surface area contributed by atoms with Crippen LogP contribution in [0.5, 0.6) is 0 Å². The summed E-state index contributed by atoms with van der Waals surface area (Å²) < 4.78 is 26.2. The molecule has 0 aliphatic carbocycles. The molecule has 2 amide bonds. The molecule has 2 aromatic carbocycles. The Morgan fingerprint density at radius 3 is 2.56 bits per heavy atom. The number of rotatable bonds is 4. The van der Waals surface area contributed by atoms with E-state index >= 15 is 0 Å². The van der Waals surface area contributed by atoms with Gasteiger partial charge in [0.15, 0.2) is 0 Å². The molecule has 0 unspecified atom stereocenters. The minimum atomic E-state index is -3.91. The second kappa shape index (κ2) is 7.19. The third-order valence-corrected chi connectivity index (χ3v) is 5.94. The number of carbonyl (C=O) groups excluding carboxylic acids is 2. The van der Waals surface area contributed by atoms with Gasteiger partial charge in [-0.05, 0) is 36.4 Å². The molecule has 27 heavy (non-hydrogen) atoms. The van der Waals surface area contributed by atoms with Gasteiger partial charge in [-0.1, -0.05) is 12.1 Å². The molecule has 1 N–H and O–H groups in total. The number of hydrogen-bond donors (Lipinski definition) is 1. The largest absolute Gasteiger partial charge is 0.323 e. The molecule has 2 aromatic rings. The predicted molar refractivity (Wildman–Crippen MR) is 98.4 cm³/mol. The molecular weight excluding hydrogens is 368 g/mol. The van der Waals surface area contributed by atoms with Crippen LogP contribution in [0.4, 0.5) is 11.4 Å². The van der Waals surface area contributed by atoms with Gasteiger partial charge in [0.25, 0.3) is 0 Å². The topological polar surface area (TPSA) is 111 Å². The number of anilines is 2. The summed E-state index contributed by atoms with van der Waals surface area (Å²) in [5.41, 5.74) is 1.36. The second-order valence-corrected chi connectivity index (χ2v) is 7.99. The van der Waals surface area contributed by atoms with Crippen molar-refractivity contribution >= 4 is 33.2 Å². The van der Waals surface area contributed by atoms with E-state index in [1.54, 1.807) is 24.3 Å². The Morgan fingerprint density at radius 1 is 1.22 bits per heavy atom. The van der Waals surface area contributed by atoms with Crippen molar-refractivity contribution in [1.82, 2.24) is 4.31 Å². The third-order valence-electron chi connectivity index (χ3n) is 4.12. The quantitative estimate of drug-likeness (QED) is 0.851. The van der Waals surface area contributed by atoms with Gasteiger partial charge in [0.05, 0.1) is 34.4 Å². The molecule has 0 spiro atoms. The average Bonchev–Trinajstić information content (AvgIpc) is 2.67. The van der Waals surface area contributed by atoms with Crippen LogP contribution in [0, 0.1) is 11.3 Å². The van der Waals surface area contributed by atoms with Gasteiger partial charge in [-0.15, -0.1) is 0 Å². The summed E-state index contributed by atoms with van der Waals surface area (Å²) >= 11 is 0. The number of fused-ring (bicyclic) bond motifs is 1. The lowest BCUT2D eigenvalue weighted by molar-refractivity contribution is -0.121. The van der Waals surface area contributed by atoms with Crippen molar-refractivity contribution in [1.29, 1.82) is 5.26 Å². The van der Waals surface area contributed by atoms with E-state index < -0.39 is 22.5 Å². The number of amides is 2. The maximum absolute atomic E-state index is 12.7. The first-order valence-corrected chi connectivity index (χ1v) is 9.42. The molecule has 0 bridgehead atoms. The van der Waals surface area contributed by atoms with Gasteiger partial charge in [-0.3, -0.25) is 14.5 Å². The van der Waals surface area contributed by atoms with Crippen LogP contribution < -0.4 is 10.2 Å². The Kier molecular flexibility index (Phi) is 4.94. The van der Waals surface area contributed by atoms with Gasteiger partial charge in [0.1, 0.15) is 6.54 Å². The van der Waals surface area contributed by atoms with Crippen LogP contribution in [0.1, 0.15) is 5.56 Å². The molecule has 8 nitrogen and oxygen atoms in total. The molecule has 1 aliphatic rings. The standard InChI is InChI=1S/C18H16N4O4S/c1-21(27(25,26)14-8-6-13(10-19)7-9-14)12-18(24)22-11-17(23)20-15-4-2-3-5-16(15)22/h2-9H,11-12H2,1H3,(H,20,23). The van der Waals surface area contributed by atoms with E-state index in [2.05, 4.69) is 5.32 Å². The van der Waals surface area contributed by atoms with Crippen LogP contribution >= 0.6 is 0 Å². The third kappa shape index (κ3) is 3.67. The first-order chi connectivity index (χ1) is 12.8. The van der Waals surface area contributed by atoms with Crippen LogP contribution in [-0.2, 0) is 19.6 Å². The molecule has 1 aliphatic heterocycles. The maximum Gasteiger partial charge on any atom is 0.244 e. The van der Waals surface area contributed by atoms with Crippen molar-refractivity contribution in [2.45, 2.75) is 4.90 Å². The van der Waals surface area contributed by atoms with Crippen molar-refractivity contribution in [2.75, 3.05) is 30.4 Å². The SMILES string of the molecule is CN(CC(=O)N1CC(=O)Nc2ccccc21)S(=O)(=O)c1ccc(C#N)cc1. The van der Waals surface area contributed by atoms with Crippen molar-refractivity contribution in [3.63, 3.8) is 0 Å². The number of hydrogen-bond acceptors (Lipinski definition) is 5. The summed E-state index contributed by atoms with van der Waals surface area (Å²) in [5.74, 6) is -0.864. The summed E-state index contributed by atoms with van der Waals surface area (Å²) in [7, 11) is -2.62. The van der Waals surface area contributed by atoms with E-state index in [1.807, 2.05) is 6.07 Å². The van der Waals surface area contributed by atoms with Crippen LogP contribution in [0.3, 0.4) is 0 Å². The van der Waals surface area contributed by atoms with Gasteiger partial charge in [-0.25, -0.2) is 8.42 Å². The van der Waals surface area contributed by atoms with Crippen molar-refractivity contribution in [3.05, 3.63) is 54.1 Å². The van der Waals surface area contributed by atoms with Crippen molar-refractivity contribution in [3.8, 4) is 6.07 Å². The van der Waals surface area contributed by atoms with Gasteiger partial charge in [-0.2, -0.15) is 9.57 Å². The van der Waals surface area contributed by atoms with Crippen LogP contribution in [-0.4, -0.2) is 44.7 Å². The number of likely N-dealkylation sites (N-methyl/N-ethyl adjacent to an activating group) is 1. The fourth-order valence-corrected chi connectivity index (χ4v) is 3.82. The molecule has 0 fully saturated rings.